The van der Waals surface area contributed by atoms with Crippen molar-refractivity contribution < 1.29 is 9.53 Å². The van der Waals surface area contributed by atoms with Crippen molar-refractivity contribution in [3.63, 3.8) is 0 Å². The fourth-order valence-electron chi connectivity index (χ4n) is 1.88. The van der Waals surface area contributed by atoms with Crippen molar-refractivity contribution in [2.45, 2.75) is 51.8 Å². The third-order valence-electron chi connectivity index (χ3n) is 2.76. The van der Waals surface area contributed by atoms with Gasteiger partial charge in [0.15, 0.2) is 0 Å². The normalized spacial score (nSPS) is 28.9. The molecule has 1 aliphatic rings. The maximum absolute atomic E-state index is 11.9. The van der Waals surface area contributed by atoms with Crippen LogP contribution in [0, 0.1) is 0 Å². The Bertz CT molecular complexity index is 219. The number of nitrogens with two attached hydrogens (primary N) is 1. The van der Waals surface area contributed by atoms with Crippen molar-refractivity contribution in [1.82, 2.24) is 4.90 Å². The van der Waals surface area contributed by atoms with Gasteiger partial charge in [-0.1, -0.05) is 6.92 Å². The topological polar surface area (TPSA) is 55.6 Å². The monoisotopic (exact) mass is 214 g/mol. The molecular formula is C11H22N2O2. The molecule has 1 saturated heterocycles. The van der Waals surface area contributed by atoms with Crippen LogP contribution in [0.3, 0.4) is 0 Å². The maximum atomic E-state index is 11.9. The lowest BCUT2D eigenvalue weighted by molar-refractivity contribution is -0.144. The number of ether oxygens (including phenoxy) is 1. The van der Waals surface area contributed by atoms with Crippen LogP contribution in [0.1, 0.15) is 33.6 Å². The zero-order valence-corrected chi connectivity index (χ0v) is 9.90. The molecule has 0 spiro atoms. The van der Waals surface area contributed by atoms with Gasteiger partial charge < -0.3 is 15.4 Å². The number of carbonyl (C=O) groups is 1. The molecule has 4 heteroatoms. The third kappa shape index (κ3) is 3.47. The van der Waals surface area contributed by atoms with Crippen LogP contribution in [0.5, 0.6) is 0 Å². The first-order chi connectivity index (χ1) is 7.04. The summed E-state index contributed by atoms with van der Waals surface area (Å²) < 4.78 is 5.54. The fourth-order valence-corrected chi connectivity index (χ4v) is 1.88. The molecule has 4 nitrogen and oxygen atoms in total. The van der Waals surface area contributed by atoms with E-state index in [0.717, 1.165) is 6.42 Å². The van der Waals surface area contributed by atoms with Crippen LogP contribution in [0.2, 0.25) is 0 Å². The van der Waals surface area contributed by atoms with E-state index < -0.39 is 0 Å². The number of amides is 1. The van der Waals surface area contributed by atoms with Crippen LogP contribution in [0.25, 0.3) is 0 Å². The van der Waals surface area contributed by atoms with E-state index in [-0.39, 0.29) is 24.1 Å². The molecule has 0 aromatic heterocycles. The van der Waals surface area contributed by atoms with Crippen molar-refractivity contribution in [2.24, 2.45) is 5.73 Å². The molecule has 0 aliphatic carbocycles. The summed E-state index contributed by atoms with van der Waals surface area (Å²) in [5, 5.41) is 0. The van der Waals surface area contributed by atoms with Gasteiger partial charge in [-0.05, 0) is 20.3 Å². The molecule has 1 rings (SSSR count). The Morgan fingerprint density at radius 3 is 2.87 bits per heavy atom. The second-order valence-corrected chi connectivity index (χ2v) is 4.43. The molecule has 3 unspecified atom stereocenters. The summed E-state index contributed by atoms with van der Waals surface area (Å²) in [6.45, 7) is 7.29. The second-order valence-electron chi connectivity index (χ2n) is 4.43. The van der Waals surface area contributed by atoms with Crippen LogP contribution in [0.4, 0.5) is 0 Å². The van der Waals surface area contributed by atoms with Gasteiger partial charge in [-0.2, -0.15) is 0 Å². The van der Waals surface area contributed by atoms with E-state index in [4.69, 9.17) is 10.5 Å². The zero-order chi connectivity index (χ0) is 11.4. The van der Waals surface area contributed by atoms with Crippen LogP contribution in [-0.2, 0) is 9.53 Å². The van der Waals surface area contributed by atoms with Gasteiger partial charge in [0, 0.05) is 19.0 Å². The SMILES string of the molecule is CCC1COC(C)CN1C(=O)CC(C)N. The van der Waals surface area contributed by atoms with Crippen LogP contribution >= 0.6 is 0 Å². The van der Waals surface area contributed by atoms with Crippen molar-refractivity contribution in [3.8, 4) is 0 Å². The van der Waals surface area contributed by atoms with Gasteiger partial charge in [0.05, 0.1) is 18.8 Å². The molecule has 1 amide bonds. The molecule has 3 atom stereocenters. The van der Waals surface area contributed by atoms with Crippen molar-refractivity contribution in [1.29, 1.82) is 0 Å². The maximum Gasteiger partial charge on any atom is 0.224 e. The summed E-state index contributed by atoms with van der Waals surface area (Å²) in [6.07, 6.45) is 1.52. The van der Waals surface area contributed by atoms with E-state index in [1.165, 1.54) is 0 Å². The predicted molar refractivity (Wildman–Crippen MR) is 59.5 cm³/mol. The molecule has 1 aliphatic heterocycles. The third-order valence-corrected chi connectivity index (χ3v) is 2.76. The summed E-state index contributed by atoms with van der Waals surface area (Å²) in [6, 6.07) is 0.167. The number of hydrogen-bond donors (Lipinski definition) is 1. The Labute approximate surface area is 91.8 Å². The molecular weight excluding hydrogens is 192 g/mol. The highest BCUT2D eigenvalue weighted by Crippen LogP contribution is 2.15. The quantitative estimate of drug-likeness (QED) is 0.754. The highest BCUT2D eigenvalue weighted by atomic mass is 16.5. The number of rotatable bonds is 3. The minimum absolute atomic E-state index is 0.0619. The Kier molecular flexibility index (Phi) is 4.54. The summed E-state index contributed by atoms with van der Waals surface area (Å²) in [7, 11) is 0. The van der Waals surface area contributed by atoms with E-state index in [1.807, 2.05) is 18.7 Å². The molecule has 1 fully saturated rings. The van der Waals surface area contributed by atoms with E-state index >= 15 is 0 Å². The lowest BCUT2D eigenvalue weighted by atomic mass is 10.1. The number of carbonyl (C=O) groups excluding carboxylic acids is 1. The van der Waals surface area contributed by atoms with E-state index in [2.05, 4.69) is 6.92 Å². The number of morpholine rings is 1. The van der Waals surface area contributed by atoms with E-state index in [1.54, 1.807) is 0 Å². The summed E-state index contributed by atoms with van der Waals surface area (Å²) in [4.78, 5) is 13.8. The Morgan fingerprint density at radius 2 is 2.33 bits per heavy atom. The molecule has 1 heterocycles. The Morgan fingerprint density at radius 1 is 1.67 bits per heavy atom. The van der Waals surface area contributed by atoms with Gasteiger partial charge in [-0.25, -0.2) is 0 Å². The highest BCUT2D eigenvalue weighted by molar-refractivity contribution is 5.77. The Balaban J connectivity index is 2.58. The predicted octanol–water partition coefficient (Wildman–Crippen LogP) is 0.750. The van der Waals surface area contributed by atoms with Crippen LogP contribution in [0.15, 0.2) is 0 Å². The smallest absolute Gasteiger partial charge is 0.224 e. The first-order valence-corrected chi connectivity index (χ1v) is 5.71. The summed E-state index contributed by atoms with van der Waals surface area (Å²) >= 11 is 0. The Hall–Kier alpha value is -0.610. The van der Waals surface area contributed by atoms with Gasteiger partial charge in [0.2, 0.25) is 5.91 Å². The molecule has 0 radical (unpaired) electrons. The van der Waals surface area contributed by atoms with Crippen LogP contribution in [-0.4, -0.2) is 42.1 Å². The summed E-state index contributed by atoms with van der Waals surface area (Å²) in [5.74, 6) is 0.159. The summed E-state index contributed by atoms with van der Waals surface area (Å²) in [5.41, 5.74) is 5.64. The molecule has 0 bridgehead atoms. The minimum atomic E-state index is -0.0619. The minimum Gasteiger partial charge on any atom is -0.375 e. The lowest BCUT2D eigenvalue weighted by Gasteiger charge is -2.38. The average Bonchev–Trinajstić information content (AvgIpc) is 2.16. The fraction of sp³-hybridized carbons (Fsp3) is 0.909. The molecule has 0 aromatic rings. The molecule has 15 heavy (non-hydrogen) atoms. The van der Waals surface area contributed by atoms with Gasteiger partial charge in [0.1, 0.15) is 0 Å². The van der Waals surface area contributed by atoms with Gasteiger partial charge in [-0.15, -0.1) is 0 Å². The molecule has 0 aromatic carbocycles. The van der Waals surface area contributed by atoms with Crippen molar-refractivity contribution in [3.05, 3.63) is 0 Å². The van der Waals surface area contributed by atoms with E-state index in [9.17, 15) is 4.79 Å². The first-order valence-electron chi connectivity index (χ1n) is 5.71. The van der Waals surface area contributed by atoms with Gasteiger partial charge >= 0.3 is 0 Å². The van der Waals surface area contributed by atoms with Gasteiger partial charge in [0.25, 0.3) is 0 Å². The zero-order valence-electron chi connectivity index (χ0n) is 9.90. The lowest BCUT2D eigenvalue weighted by Crippen LogP contribution is -2.52. The van der Waals surface area contributed by atoms with Crippen molar-refractivity contribution >= 4 is 5.91 Å². The molecule has 0 saturated carbocycles. The number of hydrogen-bond acceptors (Lipinski definition) is 3. The second kappa shape index (κ2) is 5.47. The first kappa shape index (κ1) is 12.5. The van der Waals surface area contributed by atoms with Gasteiger partial charge in [-0.3, -0.25) is 4.79 Å². The largest absolute Gasteiger partial charge is 0.375 e. The van der Waals surface area contributed by atoms with E-state index in [0.29, 0.717) is 19.6 Å². The van der Waals surface area contributed by atoms with Crippen LogP contribution < -0.4 is 5.73 Å². The average molecular weight is 214 g/mol. The molecule has 88 valence electrons. The molecule has 2 N–H and O–H groups in total. The number of nitrogens with zero attached hydrogens (tertiary/aromatic N) is 1. The standard InChI is InChI=1S/C11H22N2O2/c1-4-10-7-15-9(3)6-13(10)11(14)5-8(2)12/h8-10H,4-7,12H2,1-3H3. The highest BCUT2D eigenvalue weighted by Gasteiger charge is 2.29. The van der Waals surface area contributed by atoms with Crippen molar-refractivity contribution in [2.75, 3.05) is 13.2 Å².